The average molecular weight is 351 g/mol. The van der Waals surface area contributed by atoms with Gasteiger partial charge in [0.05, 0.1) is 5.69 Å². The van der Waals surface area contributed by atoms with Gasteiger partial charge in [0.15, 0.2) is 5.76 Å². The molecule has 138 valence electrons. The van der Waals surface area contributed by atoms with Gasteiger partial charge >= 0.3 is 0 Å². The second-order valence-electron chi connectivity index (χ2n) is 9.18. The highest BCUT2D eigenvalue weighted by atomic mass is 16.5. The van der Waals surface area contributed by atoms with E-state index in [2.05, 4.69) is 59.8 Å². The van der Waals surface area contributed by atoms with Gasteiger partial charge < -0.3 is 14.7 Å². The van der Waals surface area contributed by atoms with E-state index < -0.39 is 0 Å². The molecule has 4 nitrogen and oxygen atoms in total. The second kappa shape index (κ2) is 6.12. The molecule has 1 aromatic heterocycles. The Hall–Kier alpha value is -1.81. The Morgan fingerprint density at radius 1 is 1.04 bits per heavy atom. The Balaban J connectivity index is 1.26. The first-order valence-corrected chi connectivity index (χ1v) is 10.1. The van der Waals surface area contributed by atoms with Gasteiger partial charge in [-0.05, 0) is 80.5 Å². The summed E-state index contributed by atoms with van der Waals surface area (Å²) in [7, 11) is 4.11. The summed E-state index contributed by atoms with van der Waals surface area (Å²) in [5, 5.41) is 8.22. The van der Waals surface area contributed by atoms with E-state index in [1.165, 1.54) is 44.2 Å². The smallest absolute Gasteiger partial charge is 0.167 e. The quantitative estimate of drug-likeness (QED) is 0.863. The van der Waals surface area contributed by atoms with Gasteiger partial charge in [-0.15, -0.1) is 0 Å². The largest absolute Gasteiger partial charge is 0.378 e. The molecule has 0 atom stereocenters. The van der Waals surface area contributed by atoms with Crippen LogP contribution in [0.5, 0.6) is 0 Å². The lowest BCUT2D eigenvalue weighted by Gasteiger charge is -2.57. The number of aromatic nitrogens is 1. The maximum Gasteiger partial charge on any atom is 0.167 e. The van der Waals surface area contributed by atoms with Gasteiger partial charge in [-0.1, -0.05) is 5.16 Å². The first-order valence-electron chi connectivity index (χ1n) is 10.1. The topological polar surface area (TPSA) is 41.3 Å². The summed E-state index contributed by atoms with van der Waals surface area (Å²) in [5.74, 6) is 3.77. The standard InChI is InChI=1S/C22H29N3O/c1-25(2)20-5-3-18(4-6-20)21-10-19(24-26-21)14-23-22-11-15-7-16(12-22)9-17(8-15)13-22/h3-6,10,15-17,23H,7-9,11-14H2,1-2H3. The molecule has 1 N–H and O–H groups in total. The van der Waals surface area contributed by atoms with Crippen molar-refractivity contribution in [3.8, 4) is 11.3 Å². The molecule has 4 heteroatoms. The van der Waals surface area contributed by atoms with Gasteiger partial charge in [-0.3, -0.25) is 0 Å². The van der Waals surface area contributed by atoms with Crippen molar-refractivity contribution in [3.63, 3.8) is 0 Å². The summed E-state index contributed by atoms with van der Waals surface area (Å²) < 4.78 is 5.62. The van der Waals surface area contributed by atoms with Gasteiger partial charge in [0.25, 0.3) is 0 Å². The molecule has 4 fully saturated rings. The SMILES string of the molecule is CN(C)c1ccc(-c2cc(CNC34CC5CC(CC(C5)C3)C4)no2)cc1. The molecule has 0 unspecified atom stereocenters. The number of benzene rings is 1. The van der Waals surface area contributed by atoms with Crippen molar-refractivity contribution in [1.29, 1.82) is 0 Å². The Morgan fingerprint density at radius 2 is 1.65 bits per heavy atom. The van der Waals surface area contributed by atoms with Crippen LogP contribution in [0.25, 0.3) is 11.3 Å². The fraction of sp³-hybridized carbons (Fsp3) is 0.591. The molecule has 4 saturated carbocycles. The van der Waals surface area contributed by atoms with Crippen molar-refractivity contribution in [2.24, 2.45) is 17.8 Å². The van der Waals surface area contributed by atoms with Crippen molar-refractivity contribution in [2.45, 2.75) is 50.6 Å². The van der Waals surface area contributed by atoms with Gasteiger partial charge in [0.2, 0.25) is 0 Å². The van der Waals surface area contributed by atoms with Crippen LogP contribution in [0.2, 0.25) is 0 Å². The predicted molar refractivity (Wildman–Crippen MR) is 104 cm³/mol. The molecule has 6 rings (SSSR count). The lowest BCUT2D eigenvalue weighted by molar-refractivity contribution is -0.0208. The normalized spacial score (nSPS) is 32.2. The third kappa shape index (κ3) is 2.94. The second-order valence-corrected chi connectivity index (χ2v) is 9.18. The fourth-order valence-corrected chi connectivity index (χ4v) is 6.06. The molecule has 4 bridgehead atoms. The molecule has 0 spiro atoms. The summed E-state index contributed by atoms with van der Waals surface area (Å²) in [6.07, 6.45) is 8.56. The molecule has 26 heavy (non-hydrogen) atoms. The molecule has 2 aromatic rings. The first kappa shape index (κ1) is 16.4. The van der Waals surface area contributed by atoms with Crippen LogP contribution in [0, 0.1) is 17.8 Å². The van der Waals surface area contributed by atoms with E-state index in [4.69, 9.17) is 4.52 Å². The molecule has 4 aliphatic rings. The fourth-order valence-electron chi connectivity index (χ4n) is 6.06. The van der Waals surface area contributed by atoms with Gasteiger partial charge in [0, 0.05) is 43.5 Å². The molecule has 0 radical (unpaired) electrons. The van der Waals surface area contributed by atoms with E-state index in [1.54, 1.807) is 0 Å². The maximum absolute atomic E-state index is 5.62. The van der Waals surface area contributed by atoms with Crippen molar-refractivity contribution in [1.82, 2.24) is 10.5 Å². The highest BCUT2D eigenvalue weighted by Crippen LogP contribution is 2.55. The molecule has 0 amide bonds. The molecule has 0 saturated heterocycles. The van der Waals surface area contributed by atoms with E-state index in [9.17, 15) is 0 Å². The molecule has 1 aromatic carbocycles. The summed E-state index contributed by atoms with van der Waals surface area (Å²) >= 11 is 0. The number of anilines is 1. The van der Waals surface area contributed by atoms with Crippen LogP contribution in [0.1, 0.15) is 44.2 Å². The molecule has 1 heterocycles. The van der Waals surface area contributed by atoms with Crippen LogP contribution in [-0.2, 0) is 6.54 Å². The number of hydrogen-bond acceptors (Lipinski definition) is 4. The number of nitrogens with zero attached hydrogens (tertiary/aromatic N) is 2. The van der Waals surface area contributed by atoms with Crippen molar-refractivity contribution in [3.05, 3.63) is 36.0 Å². The van der Waals surface area contributed by atoms with Crippen LogP contribution in [0.3, 0.4) is 0 Å². The average Bonchev–Trinajstić information content (AvgIpc) is 3.08. The summed E-state index contributed by atoms with van der Waals surface area (Å²) in [5.41, 5.74) is 3.68. The van der Waals surface area contributed by atoms with Crippen LogP contribution in [0.4, 0.5) is 5.69 Å². The highest BCUT2D eigenvalue weighted by molar-refractivity contribution is 5.61. The third-order valence-electron chi connectivity index (χ3n) is 6.91. The van der Waals surface area contributed by atoms with Crippen molar-refractivity contribution >= 4 is 5.69 Å². The Labute approximate surface area is 155 Å². The Morgan fingerprint density at radius 3 is 2.23 bits per heavy atom. The zero-order valence-electron chi connectivity index (χ0n) is 15.9. The van der Waals surface area contributed by atoms with E-state index in [-0.39, 0.29) is 0 Å². The summed E-state index contributed by atoms with van der Waals surface area (Å²) in [6.45, 7) is 0.825. The van der Waals surface area contributed by atoms with Crippen molar-refractivity contribution in [2.75, 3.05) is 19.0 Å². The molecular weight excluding hydrogens is 322 g/mol. The van der Waals surface area contributed by atoms with E-state index in [0.717, 1.165) is 41.3 Å². The summed E-state index contributed by atoms with van der Waals surface area (Å²) in [4.78, 5) is 2.10. The Bertz CT molecular complexity index is 742. The molecule has 4 aliphatic carbocycles. The van der Waals surface area contributed by atoms with E-state index >= 15 is 0 Å². The minimum absolute atomic E-state index is 0.376. The zero-order chi connectivity index (χ0) is 17.7. The number of hydrogen-bond donors (Lipinski definition) is 1. The van der Waals surface area contributed by atoms with Crippen molar-refractivity contribution < 1.29 is 4.52 Å². The van der Waals surface area contributed by atoms with Crippen LogP contribution < -0.4 is 10.2 Å². The number of rotatable bonds is 5. The van der Waals surface area contributed by atoms with E-state index in [0.29, 0.717) is 5.54 Å². The van der Waals surface area contributed by atoms with Crippen LogP contribution in [0.15, 0.2) is 34.9 Å². The zero-order valence-corrected chi connectivity index (χ0v) is 15.9. The maximum atomic E-state index is 5.62. The minimum atomic E-state index is 0.376. The van der Waals surface area contributed by atoms with Gasteiger partial charge in [0.1, 0.15) is 0 Å². The number of nitrogens with one attached hydrogen (secondary N) is 1. The third-order valence-corrected chi connectivity index (χ3v) is 6.91. The predicted octanol–water partition coefficient (Wildman–Crippen LogP) is 4.47. The lowest BCUT2D eigenvalue weighted by Crippen LogP contribution is -2.58. The van der Waals surface area contributed by atoms with Crippen LogP contribution >= 0.6 is 0 Å². The Kier molecular flexibility index (Phi) is 3.85. The van der Waals surface area contributed by atoms with Gasteiger partial charge in [-0.2, -0.15) is 0 Å². The minimum Gasteiger partial charge on any atom is -0.378 e. The van der Waals surface area contributed by atoms with Gasteiger partial charge in [-0.25, -0.2) is 0 Å². The highest BCUT2D eigenvalue weighted by Gasteiger charge is 2.50. The lowest BCUT2D eigenvalue weighted by atomic mass is 9.53. The first-order chi connectivity index (χ1) is 12.6. The summed E-state index contributed by atoms with van der Waals surface area (Å²) in [6, 6.07) is 10.5. The van der Waals surface area contributed by atoms with E-state index in [1.807, 2.05) is 0 Å². The molecular formula is C22H29N3O. The van der Waals surface area contributed by atoms with Crippen LogP contribution in [-0.4, -0.2) is 24.8 Å². The monoisotopic (exact) mass is 351 g/mol. The molecule has 0 aliphatic heterocycles.